The maximum Gasteiger partial charge on any atom is 0.172 e. The molecule has 0 saturated heterocycles. The second-order valence-corrected chi connectivity index (χ2v) is 6.22. The van der Waals surface area contributed by atoms with E-state index in [9.17, 15) is 0 Å². The number of hydrogen-bond donors (Lipinski definition) is 1. The fourth-order valence-corrected chi connectivity index (χ4v) is 3.99. The van der Waals surface area contributed by atoms with Crippen molar-refractivity contribution >= 4 is 21.7 Å². The molecule has 19 heavy (non-hydrogen) atoms. The Balaban J connectivity index is 2.05. The lowest BCUT2D eigenvalue weighted by Gasteiger charge is -2.26. The molecule has 5 heteroatoms. The van der Waals surface area contributed by atoms with Crippen LogP contribution >= 0.6 is 15.9 Å². The van der Waals surface area contributed by atoms with Gasteiger partial charge in [0.05, 0.1) is 7.11 Å². The highest BCUT2D eigenvalue weighted by Gasteiger charge is 2.51. The van der Waals surface area contributed by atoms with Gasteiger partial charge in [-0.2, -0.15) is 0 Å². The molecule has 0 amide bonds. The number of nitrogens with two attached hydrogens (primary N) is 1. The average Bonchev–Trinajstić information content (AvgIpc) is 3.06. The molecule has 0 bridgehead atoms. The van der Waals surface area contributed by atoms with Crippen LogP contribution in [0.3, 0.4) is 0 Å². The number of halogens is 1. The van der Waals surface area contributed by atoms with Crippen molar-refractivity contribution in [3.8, 4) is 17.1 Å². The van der Waals surface area contributed by atoms with Gasteiger partial charge in [0.25, 0.3) is 0 Å². The summed E-state index contributed by atoms with van der Waals surface area (Å²) in [4.78, 5) is 0. The molecule has 2 aliphatic rings. The molecule has 0 atom stereocenters. The summed E-state index contributed by atoms with van der Waals surface area (Å²) in [5, 5.41) is 3.92. The normalized spacial score (nSPS) is 18.0. The second-order valence-electron chi connectivity index (χ2n) is 5.36. The molecule has 0 unspecified atom stereocenters. The van der Waals surface area contributed by atoms with E-state index in [1.54, 1.807) is 7.11 Å². The quantitative estimate of drug-likeness (QED) is 0.875. The molecule has 4 nitrogen and oxygen atoms in total. The Bertz CT molecular complexity index is 689. The number of methoxy groups -OCH3 is 1. The maximum atomic E-state index is 5.93. The third-order valence-electron chi connectivity index (χ3n) is 4.26. The van der Waals surface area contributed by atoms with Gasteiger partial charge in [-0.3, -0.25) is 0 Å². The number of aromatic nitrogens is 1. The average molecular weight is 321 g/mol. The van der Waals surface area contributed by atoms with Crippen molar-refractivity contribution in [2.24, 2.45) is 0 Å². The fourth-order valence-electron chi connectivity index (χ4n) is 3.13. The van der Waals surface area contributed by atoms with Crippen LogP contribution in [0, 0.1) is 0 Å². The highest BCUT2D eigenvalue weighted by molar-refractivity contribution is 9.10. The third kappa shape index (κ3) is 1.42. The van der Waals surface area contributed by atoms with Crippen molar-refractivity contribution in [2.45, 2.75) is 24.7 Å². The van der Waals surface area contributed by atoms with Gasteiger partial charge in [-0.05, 0) is 37.0 Å². The minimum atomic E-state index is 0.215. The molecule has 2 aliphatic carbocycles. The second kappa shape index (κ2) is 3.54. The van der Waals surface area contributed by atoms with Gasteiger partial charge in [-0.15, -0.1) is 0 Å². The van der Waals surface area contributed by atoms with Crippen LogP contribution in [0.1, 0.15) is 24.0 Å². The summed E-state index contributed by atoms with van der Waals surface area (Å²) in [5.41, 5.74) is 9.57. The van der Waals surface area contributed by atoms with Gasteiger partial charge in [-0.1, -0.05) is 21.1 Å². The molecule has 98 valence electrons. The molecule has 2 N–H and O–H groups in total. The Hall–Kier alpha value is -1.49. The van der Waals surface area contributed by atoms with Crippen LogP contribution in [0.4, 0.5) is 5.82 Å². The predicted molar refractivity (Wildman–Crippen MR) is 75.2 cm³/mol. The molecule has 1 aromatic heterocycles. The number of benzene rings is 1. The van der Waals surface area contributed by atoms with Crippen LogP contribution in [0.2, 0.25) is 0 Å². The van der Waals surface area contributed by atoms with Crippen LogP contribution in [-0.4, -0.2) is 12.3 Å². The van der Waals surface area contributed by atoms with Gasteiger partial charge in [0.1, 0.15) is 5.75 Å². The van der Waals surface area contributed by atoms with E-state index in [2.05, 4.69) is 21.1 Å². The van der Waals surface area contributed by atoms with Gasteiger partial charge < -0.3 is 15.0 Å². The lowest BCUT2D eigenvalue weighted by atomic mass is 9.79. The molecule has 2 aromatic rings. The summed E-state index contributed by atoms with van der Waals surface area (Å²) in [7, 11) is 1.67. The van der Waals surface area contributed by atoms with E-state index in [0.29, 0.717) is 5.82 Å². The number of hydrogen-bond acceptors (Lipinski definition) is 4. The topological polar surface area (TPSA) is 61.3 Å². The summed E-state index contributed by atoms with van der Waals surface area (Å²) < 4.78 is 11.9. The number of anilines is 1. The molecule has 0 radical (unpaired) electrons. The zero-order valence-corrected chi connectivity index (χ0v) is 12.1. The number of rotatable bonds is 1. The van der Waals surface area contributed by atoms with Gasteiger partial charge in [0.2, 0.25) is 0 Å². The van der Waals surface area contributed by atoms with E-state index in [1.807, 2.05) is 12.1 Å². The minimum absolute atomic E-state index is 0.215. The number of nitrogens with zero attached hydrogens (tertiary/aromatic N) is 1. The summed E-state index contributed by atoms with van der Waals surface area (Å²) in [6, 6.07) is 4.03. The molecule has 1 fully saturated rings. The van der Waals surface area contributed by atoms with Crippen molar-refractivity contribution in [3.05, 3.63) is 27.7 Å². The van der Waals surface area contributed by atoms with Gasteiger partial charge in [0.15, 0.2) is 11.6 Å². The molecule has 1 aromatic carbocycles. The number of nitrogen functional groups attached to an aromatic ring is 1. The van der Waals surface area contributed by atoms with E-state index in [-0.39, 0.29) is 5.41 Å². The van der Waals surface area contributed by atoms with Gasteiger partial charge in [0, 0.05) is 21.0 Å². The number of fused-ring (bicyclic) bond motifs is 4. The van der Waals surface area contributed by atoms with E-state index in [1.165, 1.54) is 18.4 Å². The predicted octanol–water partition coefficient (Wildman–Crippen LogP) is 3.28. The molecule has 1 spiro atoms. The third-order valence-corrected chi connectivity index (χ3v) is 4.89. The molecular formula is C14H13BrN2O2. The Morgan fingerprint density at radius 2 is 2.21 bits per heavy atom. The SMILES string of the molecule is COc1cc(Br)c2c(c1)-c1onc(N)c1CC21CC1. The molecule has 4 rings (SSSR count). The van der Waals surface area contributed by atoms with Crippen LogP contribution in [-0.2, 0) is 11.8 Å². The Morgan fingerprint density at radius 1 is 1.42 bits per heavy atom. The van der Waals surface area contributed by atoms with Crippen LogP contribution < -0.4 is 10.5 Å². The van der Waals surface area contributed by atoms with Crippen LogP contribution in [0.25, 0.3) is 11.3 Å². The summed E-state index contributed by atoms with van der Waals surface area (Å²) in [6.07, 6.45) is 3.31. The Morgan fingerprint density at radius 3 is 2.89 bits per heavy atom. The zero-order chi connectivity index (χ0) is 13.2. The molecular weight excluding hydrogens is 308 g/mol. The standard InChI is InChI=1S/C14H13BrN2O2/c1-18-7-4-8-11(10(15)5-7)14(2-3-14)6-9-12(8)19-17-13(9)16/h4-5H,2-3,6H2,1H3,(H2,16,17). The van der Waals surface area contributed by atoms with E-state index in [4.69, 9.17) is 15.0 Å². The summed E-state index contributed by atoms with van der Waals surface area (Å²) in [6.45, 7) is 0. The number of ether oxygens (including phenoxy) is 1. The fraction of sp³-hybridized carbons (Fsp3) is 0.357. The van der Waals surface area contributed by atoms with Crippen molar-refractivity contribution in [1.29, 1.82) is 0 Å². The van der Waals surface area contributed by atoms with E-state index in [0.717, 1.165) is 33.5 Å². The Labute approximate surface area is 119 Å². The van der Waals surface area contributed by atoms with Crippen molar-refractivity contribution in [1.82, 2.24) is 5.16 Å². The van der Waals surface area contributed by atoms with Crippen molar-refractivity contribution < 1.29 is 9.26 Å². The summed E-state index contributed by atoms with van der Waals surface area (Å²) >= 11 is 3.67. The molecule has 1 heterocycles. The van der Waals surface area contributed by atoms with Crippen LogP contribution in [0.15, 0.2) is 21.1 Å². The summed E-state index contributed by atoms with van der Waals surface area (Å²) in [5.74, 6) is 2.12. The molecule has 1 saturated carbocycles. The smallest absolute Gasteiger partial charge is 0.172 e. The van der Waals surface area contributed by atoms with Crippen molar-refractivity contribution in [2.75, 3.05) is 12.8 Å². The first-order valence-corrected chi connectivity index (χ1v) is 7.06. The highest BCUT2D eigenvalue weighted by Crippen LogP contribution is 2.60. The lowest BCUT2D eigenvalue weighted by molar-refractivity contribution is 0.412. The van der Waals surface area contributed by atoms with Crippen LogP contribution in [0.5, 0.6) is 5.75 Å². The first-order chi connectivity index (χ1) is 9.14. The Kier molecular flexibility index (Phi) is 2.11. The first kappa shape index (κ1) is 11.3. The highest BCUT2D eigenvalue weighted by atomic mass is 79.9. The zero-order valence-electron chi connectivity index (χ0n) is 10.5. The monoisotopic (exact) mass is 320 g/mol. The van der Waals surface area contributed by atoms with Gasteiger partial charge in [-0.25, -0.2) is 0 Å². The van der Waals surface area contributed by atoms with Gasteiger partial charge >= 0.3 is 0 Å². The molecule has 0 aliphatic heterocycles. The largest absolute Gasteiger partial charge is 0.497 e. The van der Waals surface area contributed by atoms with Crippen molar-refractivity contribution in [3.63, 3.8) is 0 Å². The van der Waals surface area contributed by atoms with E-state index >= 15 is 0 Å². The lowest BCUT2D eigenvalue weighted by Crippen LogP contribution is -2.18. The maximum absolute atomic E-state index is 5.93. The minimum Gasteiger partial charge on any atom is -0.497 e. The first-order valence-electron chi connectivity index (χ1n) is 6.27. The van der Waals surface area contributed by atoms with E-state index < -0.39 is 0 Å².